The Labute approximate surface area is 246 Å². The highest BCUT2D eigenvalue weighted by Gasteiger charge is 2.28. The predicted octanol–water partition coefficient (Wildman–Crippen LogP) is 6.45. The van der Waals surface area contributed by atoms with Crippen LogP contribution in [-0.4, -0.2) is 55.1 Å². The molecule has 0 radical (unpaired) electrons. The SMILES string of the molecule is COc1cc(N/C(=N/C2CCCCC2)N2CC(C)NC(C)C2)c(Cl)cc1C(CC(N)=O)c1ccc(Cl)cc1Cl. The van der Waals surface area contributed by atoms with Crippen molar-refractivity contribution in [1.29, 1.82) is 0 Å². The number of guanidine groups is 1. The number of hydrogen-bond acceptors (Lipinski definition) is 4. The number of carbonyl (C=O) groups is 1. The van der Waals surface area contributed by atoms with E-state index in [2.05, 4.69) is 29.4 Å². The molecule has 2 aromatic rings. The number of halogens is 3. The maximum absolute atomic E-state index is 12.1. The minimum atomic E-state index is -0.463. The minimum absolute atomic E-state index is 0.0335. The number of piperazine rings is 1. The van der Waals surface area contributed by atoms with Crippen LogP contribution in [0.4, 0.5) is 5.69 Å². The fourth-order valence-corrected chi connectivity index (χ4v) is 6.44. The third-order valence-electron chi connectivity index (χ3n) is 7.42. The second kappa shape index (κ2) is 13.4. The Morgan fingerprint density at radius 1 is 1.08 bits per heavy atom. The molecule has 1 saturated heterocycles. The summed E-state index contributed by atoms with van der Waals surface area (Å²) in [5.41, 5.74) is 7.77. The second-order valence-corrected chi connectivity index (χ2v) is 12.0. The van der Waals surface area contributed by atoms with E-state index in [1.807, 2.05) is 12.1 Å². The van der Waals surface area contributed by atoms with E-state index in [1.165, 1.54) is 19.3 Å². The number of nitrogens with two attached hydrogens (primary N) is 1. The van der Waals surface area contributed by atoms with Crippen LogP contribution in [0.15, 0.2) is 35.3 Å². The van der Waals surface area contributed by atoms with Gasteiger partial charge in [0.1, 0.15) is 5.75 Å². The van der Waals surface area contributed by atoms with Crippen LogP contribution in [0.1, 0.15) is 69.4 Å². The number of nitrogens with one attached hydrogen (secondary N) is 2. The number of hydrogen-bond donors (Lipinski definition) is 3. The van der Waals surface area contributed by atoms with Crippen molar-refractivity contribution < 1.29 is 9.53 Å². The molecule has 1 saturated carbocycles. The Morgan fingerprint density at radius 3 is 2.38 bits per heavy atom. The molecule has 2 aliphatic rings. The fraction of sp³-hybridized carbons (Fsp3) is 0.517. The zero-order valence-electron chi connectivity index (χ0n) is 22.8. The van der Waals surface area contributed by atoms with E-state index in [1.54, 1.807) is 25.3 Å². The second-order valence-electron chi connectivity index (χ2n) is 10.7. The third kappa shape index (κ3) is 7.72. The largest absolute Gasteiger partial charge is 0.496 e. The number of primary amides is 1. The molecule has 3 atom stereocenters. The van der Waals surface area contributed by atoms with E-state index in [-0.39, 0.29) is 12.5 Å². The molecule has 4 N–H and O–H groups in total. The van der Waals surface area contributed by atoms with Gasteiger partial charge in [-0.25, -0.2) is 4.99 Å². The molecule has 1 heterocycles. The van der Waals surface area contributed by atoms with Crippen molar-refractivity contribution in [2.45, 2.75) is 76.4 Å². The maximum Gasteiger partial charge on any atom is 0.218 e. The van der Waals surface area contributed by atoms with Crippen LogP contribution < -0.4 is 21.1 Å². The molecule has 4 rings (SSSR count). The van der Waals surface area contributed by atoms with Crippen molar-refractivity contribution in [3.8, 4) is 5.75 Å². The third-order valence-corrected chi connectivity index (χ3v) is 8.30. The molecule has 3 unspecified atom stereocenters. The smallest absolute Gasteiger partial charge is 0.218 e. The van der Waals surface area contributed by atoms with Crippen molar-refractivity contribution in [2.75, 3.05) is 25.5 Å². The first kappa shape index (κ1) is 29.8. The number of aliphatic imine (C=N–C) groups is 1. The van der Waals surface area contributed by atoms with Gasteiger partial charge in [0.2, 0.25) is 5.91 Å². The quantitative estimate of drug-likeness (QED) is 0.253. The van der Waals surface area contributed by atoms with Crippen LogP contribution in [0.5, 0.6) is 5.75 Å². The molecular weight excluding hydrogens is 557 g/mol. The molecule has 39 heavy (non-hydrogen) atoms. The molecular formula is C29H38Cl3N5O2. The van der Waals surface area contributed by atoms with Crippen molar-refractivity contribution in [3.63, 3.8) is 0 Å². The van der Waals surface area contributed by atoms with Crippen molar-refractivity contribution in [3.05, 3.63) is 56.5 Å². The van der Waals surface area contributed by atoms with Gasteiger partial charge < -0.3 is 26.0 Å². The highest BCUT2D eigenvalue weighted by atomic mass is 35.5. The van der Waals surface area contributed by atoms with Crippen LogP contribution in [0.25, 0.3) is 0 Å². The zero-order valence-corrected chi connectivity index (χ0v) is 25.0. The minimum Gasteiger partial charge on any atom is -0.496 e. The number of carbonyl (C=O) groups excluding carboxylic acids is 1. The fourth-order valence-electron chi connectivity index (χ4n) is 5.68. The average Bonchev–Trinajstić information content (AvgIpc) is 2.88. The normalized spacial score (nSPS) is 21.5. The highest BCUT2D eigenvalue weighted by Crippen LogP contribution is 2.42. The standard InChI is InChI=1S/C29H38Cl3N5O2/c1-17-15-37(16-18(2)34-17)29(35-20-7-5-4-6-8-20)36-26-14-27(39-3)23(12-25(26)32)22(13-28(33)38)21-10-9-19(30)11-24(21)31/h9-12,14,17-18,20,22,34H,4-8,13,15-16H2,1-3H3,(H2,33,38)(H,35,36). The van der Waals surface area contributed by atoms with E-state index in [9.17, 15) is 4.79 Å². The first-order chi connectivity index (χ1) is 18.6. The summed E-state index contributed by atoms with van der Waals surface area (Å²) >= 11 is 19.6. The van der Waals surface area contributed by atoms with Crippen LogP contribution >= 0.6 is 34.8 Å². The molecule has 0 spiro atoms. The van der Waals surface area contributed by atoms with Crippen molar-refractivity contribution >= 4 is 52.4 Å². The predicted molar refractivity (Wildman–Crippen MR) is 162 cm³/mol. The molecule has 2 fully saturated rings. The number of amides is 1. The summed E-state index contributed by atoms with van der Waals surface area (Å²) in [4.78, 5) is 19.6. The van der Waals surface area contributed by atoms with Gasteiger partial charge in [-0.2, -0.15) is 0 Å². The first-order valence-corrected chi connectivity index (χ1v) is 14.7. The number of benzene rings is 2. The van der Waals surface area contributed by atoms with Crippen LogP contribution in [0.3, 0.4) is 0 Å². The van der Waals surface area contributed by atoms with Gasteiger partial charge in [-0.15, -0.1) is 0 Å². The summed E-state index contributed by atoms with van der Waals surface area (Å²) < 4.78 is 5.82. The zero-order chi connectivity index (χ0) is 28.1. The Balaban J connectivity index is 1.72. The summed E-state index contributed by atoms with van der Waals surface area (Å²) in [6.45, 7) is 6.05. The first-order valence-electron chi connectivity index (χ1n) is 13.6. The molecule has 7 nitrogen and oxygen atoms in total. The van der Waals surface area contributed by atoms with E-state index < -0.39 is 11.8 Å². The Hall–Kier alpha value is -2.19. The lowest BCUT2D eigenvalue weighted by atomic mass is 9.87. The van der Waals surface area contributed by atoms with E-state index >= 15 is 0 Å². The number of nitrogens with zero attached hydrogens (tertiary/aromatic N) is 2. The Kier molecular flexibility index (Phi) is 10.3. The van der Waals surface area contributed by atoms with Gasteiger partial charge in [0.25, 0.3) is 0 Å². The van der Waals surface area contributed by atoms with Crippen LogP contribution in [0, 0.1) is 0 Å². The van der Waals surface area contributed by atoms with Gasteiger partial charge in [0.05, 0.1) is 23.9 Å². The number of methoxy groups -OCH3 is 1. The lowest BCUT2D eigenvalue weighted by molar-refractivity contribution is -0.118. The molecule has 1 aliphatic heterocycles. The van der Waals surface area contributed by atoms with Crippen LogP contribution in [0.2, 0.25) is 15.1 Å². The van der Waals surface area contributed by atoms with E-state index in [0.29, 0.717) is 44.2 Å². The van der Waals surface area contributed by atoms with Crippen molar-refractivity contribution in [1.82, 2.24) is 10.2 Å². The van der Waals surface area contributed by atoms with Crippen LogP contribution in [-0.2, 0) is 4.79 Å². The highest BCUT2D eigenvalue weighted by molar-refractivity contribution is 6.35. The van der Waals surface area contributed by atoms with E-state index in [4.69, 9.17) is 50.3 Å². The monoisotopic (exact) mass is 593 g/mol. The van der Waals surface area contributed by atoms with Gasteiger partial charge in [-0.05, 0) is 50.5 Å². The summed E-state index contributed by atoms with van der Waals surface area (Å²) in [5, 5.41) is 8.57. The number of ether oxygens (including phenoxy) is 1. The molecule has 212 valence electrons. The summed E-state index contributed by atoms with van der Waals surface area (Å²) in [5.74, 6) is 0.473. The molecule has 10 heteroatoms. The average molecular weight is 595 g/mol. The topological polar surface area (TPSA) is 92.0 Å². The maximum atomic E-state index is 12.1. The lowest BCUT2D eigenvalue weighted by Gasteiger charge is -2.38. The number of anilines is 1. The van der Waals surface area contributed by atoms with Gasteiger partial charge in [-0.1, -0.05) is 60.1 Å². The van der Waals surface area contributed by atoms with Crippen molar-refractivity contribution in [2.24, 2.45) is 10.7 Å². The summed E-state index contributed by atoms with van der Waals surface area (Å²) in [6.07, 6.45) is 5.89. The van der Waals surface area contributed by atoms with Gasteiger partial charge in [0, 0.05) is 59.2 Å². The van der Waals surface area contributed by atoms with Gasteiger partial charge in [-0.3, -0.25) is 4.79 Å². The van der Waals surface area contributed by atoms with Gasteiger partial charge in [0.15, 0.2) is 5.96 Å². The molecule has 0 bridgehead atoms. The lowest BCUT2D eigenvalue weighted by Crippen LogP contribution is -2.57. The number of rotatable bonds is 7. The molecule has 0 aromatic heterocycles. The Morgan fingerprint density at radius 2 is 1.77 bits per heavy atom. The Bertz CT molecular complexity index is 1190. The summed E-state index contributed by atoms with van der Waals surface area (Å²) in [7, 11) is 1.60. The molecule has 2 aromatic carbocycles. The summed E-state index contributed by atoms with van der Waals surface area (Å²) in [6, 6.07) is 9.83. The molecule has 1 aliphatic carbocycles. The van der Waals surface area contributed by atoms with Gasteiger partial charge >= 0.3 is 0 Å². The molecule has 1 amide bonds. The van der Waals surface area contributed by atoms with E-state index in [0.717, 1.165) is 37.5 Å².